The molecular formula is C7H9F3N2O2S. The Hall–Kier alpha value is -0.760. The molecule has 4 nitrogen and oxygen atoms in total. The Bertz CT molecular complexity index is 315. The second-order valence-electron chi connectivity index (χ2n) is 2.80. The van der Waals surface area contributed by atoms with Crippen molar-refractivity contribution in [2.24, 2.45) is 0 Å². The number of alkyl halides is 3. The zero-order valence-corrected chi connectivity index (χ0v) is 8.60. The average Bonchev–Trinajstić information content (AvgIpc) is 2.51. The van der Waals surface area contributed by atoms with Crippen molar-refractivity contribution >= 4 is 11.8 Å². The summed E-state index contributed by atoms with van der Waals surface area (Å²) in [5.41, 5.74) is 0. The van der Waals surface area contributed by atoms with Gasteiger partial charge in [-0.2, -0.15) is 29.9 Å². The Morgan fingerprint density at radius 1 is 1.53 bits per heavy atom. The third-order valence-corrected chi connectivity index (χ3v) is 2.08. The first-order valence-corrected chi connectivity index (χ1v) is 5.38. The molecule has 1 unspecified atom stereocenters. The van der Waals surface area contributed by atoms with E-state index in [4.69, 9.17) is 5.11 Å². The first-order chi connectivity index (χ1) is 6.93. The van der Waals surface area contributed by atoms with Gasteiger partial charge in [0, 0.05) is 0 Å². The van der Waals surface area contributed by atoms with Gasteiger partial charge < -0.3 is 9.63 Å². The van der Waals surface area contributed by atoms with Crippen LogP contribution in [0.5, 0.6) is 0 Å². The van der Waals surface area contributed by atoms with Crippen molar-refractivity contribution in [1.82, 2.24) is 10.1 Å². The highest BCUT2D eigenvalue weighted by molar-refractivity contribution is 7.97. The van der Waals surface area contributed by atoms with Gasteiger partial charge in [-0.05, 0) is 6.26 Å². The smallest absolute Gasteiger partial charge is 0.383 e. The Morgan fingerprint density at radius 2 is 2.20 bits per heavy atom. The fourth-order valence-corrected chi connectivity index (χ4v) is 1.22. The van der Waals surface area contributed by atoms with E-state index in [-0.39, 0.29) is 5.89 Å². The molecule has 0 aliphatic heterocycles. The van der Waals surface area contributed by atoms with Gasteiger partial charge in [0.15, 0.2) is 11.9 Å². The summed E-state index contributed by atoms with van der Waals surface area (Å²) < 4.78 is 40.4. The van der Waals surface area contributed by atoms with Gasteiger partial charge in [0.05, 0.1) is 12.2 Å². The van der Waals surface area contributed by atoms with Crippen LogP contribution in [0.15, 0.2) is 4.52 Å². The lowest BCUT2D eigenvalue weighted by Crippen LogP contribution is -2.30. The predicted molar refractivity (Wildman–Crippen MR) is 47.3 cm³/mol. The van der Waals surface area contributed by atoms with Gasteiger partial charge in [-0.15, -0.1) is 0 Å². The molecule has 0 saturated heterocycles. The van der Waals surface area contributed by atoms with Gasteiger partial charge in [-0.3, -0.25) is 0 Å². The number of aliphatic hydroxyl groups is 1. The number of nitrogens with zero attached hydrogens (tertiary/aromatic N) is 2. The monoisotopic (exact) mass is 242 g/mol. The minimum atomic E-state index is -4.66. The molecule has 0 spiro atoms. The van der Waals surface area contributed by atoms with E-state index >= 15 is 0 Å². The highest BCUT2D eigenvalue weighted by Crippen LogP contribution is 2.22. The maximum Gasteiger partial charge on any atom is 0.414 e. The molecular weight excluding hydrogens is 233 g/mol. The number of hydrogen-bond acceptors (Lipinski definition) is 5. The van der Waals surface area contributed by atoms with Crippen LogP contribution < -0.4 is 0 Å². The van der Waals surface area contributed by atoms with E-state index in [1.54, 1.807) is 6.26 Å². The van der Waals surface area contributed by atoms with Gasteiger partial charge in [-0.25, -0.2) is 0 Å². The van der Waals surface area contributed by atoms with Crippen LogP contribution in [-0.4, -0.2) is 33.8 Å². The van der Waals surface area contributed by atoms with Gasteiger partial charge in [0.1, 0.15) is 0 Å². The zero-order chi connectivity index (χ0) is 11.5. The summed E-state index contributed by atoms with van der Waals surface area (Å²) in [6, 6.07) is 0. The maximum atomic E-state index is 11.9. The van der Waals surface area contributed by atoms with E-state index in [0.29, 0.717) is 11.6 Å². The number of halogens is 3. The lowest BCUT2D eigenvalue weighted by molar-refractivity contribution is -0.204. The van der Waals surface area contributed by atoms with E-state index in [1.165, 1.54) is 11.8 Å². The van der Waals surface area contributed by atoms with Crippen molar-refractivity contribution in [1.29, 1.82) is 0 Å². The van der Waals surface area contributed by atoms with E-state index in [9.17, 15) is 13.2 Å². The second kappa shape index (κ2) is 4.84. The first kappa shape index (κ1) is 12.3. The summed E-state index contributed by atoms with van der Waals surface area (Å²) in [6.45, 7) is 0. The molecule has 0 radical (unpaired) electrons. The molecule has 0 aliphatic carbocycles. The summed E-state index contributed by atoms with van der Waals surface area (Å²) in [5.74, 6) is 0.585. The van der Waals surface area contributed by atoms with Crippen LogP contribution in [0.3, 0.4) is 0 Å². The van der Waals surface area contributed by atoms with Crippen molar-refractivity contribution in [3.63, 3.8) is 0 Å². The molecule has 0 aromatic carbocycles. The largest absolute Gasteiger partial charge is 0.414 e. The molecule has 0 amide bonds. The quantitative estimate of drug-likeness (QED) is 0.864. The van der Waals surface area contributed by atoms with Gasteiger partial charge in [0.25, 0.3) is 0 Å². The van der Waals surface area contributed by atoms with Crippen LogP contribution in [0, 0.1) is 0 Å². The van der Waals surface area contributed by atoms with E-state index in [1.807, 2.05) is 0 Å². The van der Waals surface area contributed by atoms with Crippen LogP contribution in [0.4, 0.5) is 13.2 Å². The van der Waals surface area contributed by atoms with Crippen LogP contribution >= 0.6 is 11.8 Å². The second-order valence-corrected chi connectivity index (χ2v) is 3.66. The fourth-order valence-electron chi connectivity index (χ4n) is 0.842. The first-order valence-electron chi connectivity index (χ1n) is 3.98. The van der Waals surface area contributed by atoms with Crippen molar-refractivity contribution in [2.75, 3.05) is 6.26 Å². The zero-order valence-electron chi connectivity index (χ0n) is 7.78. The summed E-state index contributed by atoms with van der Waals surface area (Å²) in [6.07, 6.45) is -6.01. The SMILES string of the molecule is CSCc1noc(CC(O)C(F)(F)F)n1. The number of rotatable bonds is 4. The molecule has 1 aromatic rings. The van der Waals surface area contributed by atoms with Crippen molar-refractivity contribution in [3.8, 4) is 0 Å². The Morgan fingerprint density at radius 3 is 2.73 bits per heavy atom. The third kappa shape index (κ3) is 3.71. The third-order valence-electron chi connectivity index (χ3n) is 1.53. The minimum absolute atomic E-state index is 0.205. The van der Waals surface area contributed by atoms with Crippen LogP contribution in [0.1, 0.15) is 11.7 Å². The normalized spacial score (nSPS) is 14.2. The Labute approximate surface area is 87.9 Å². The summed E-state index contributed by atoms with van der Waals surface area (Å²) in [4.78, 5) is 3.69. The molecule has 0 bridgehead atoms. The standard InChI is InChI=1S/C7H9F3N2O2S/c1-15-3-5-11-6(14-12-5)2-4(13)7(8,9)10/h4,13H,2-3H2,1H3. The van der Waals surface area contributed by atoms with E-state index < -0.39 is 18.7 Å². The Kier molecular flexibility index (Phi) is 3.97. The molecule has 8 heteroatoms. The maximum absolute atomic E-state index is 11.9. The van der Waals surface area contributed by atoms with E-state index in [2.05, 4.69) is 14.7 Å². The predicted octanol–water partition coefficient (Wildman–Crippen LogP) is 1.40. The number of hydrogen-bond donors (Lipinski definition) is 1. The summed E-state index contributed by atoms with van der Waals surface area (Å²) in [5, 5.41) is 12.2. The Balaban J connectivity index is 2.57. The van der Waals surface area contributed by atoms with Crippen molar-refractivity contribution in [3.05, 3.63) is 11.7 Å². The van der Waals surface area contributed by atoms with Gasteiger partial charge in [-0.1, -0.05) is 5.16 Å². The average molecular weight is 242 g/mol. The van der Waals surface area contributed by atoms with Crippen LogP contribution in [0.25, 0.3) is 0 Å². The molecule has 1 rings (SSSR count). The molecule has 1 aromatic heterocycles. The van der Waals surface area contributed by atoms with Crippen molar-refractivity contribution in [2.45, 2.75) is 24.5 Å². The summed E-state index contributed by atoms with van der Waals surface area (Å²) in [7, 11) is 0. The minimum Gasteiger partial charge on any atom is -0.383 e. The lowest BCUT2D eigenvalue weighted by Gasteiger charge is -2.11. The highest BCUT2D eigenvalue weighted by Gasteiger charge is 2.39. The number of aromatic nitrogens is 2. The number of thioether (sulfide) groups is 1. The topological polar surface area (TPSA) is 59.2 Å². The molecule has 1 heterocycles. The molecule has 0 aliphatic rings. The van der Waals surface area contributed by atoms with Crippen molar-refractivity contribution < 1.29 is 22.8 Å². The fraction of sp³-hybridized carbons (Fsp3) is 0.714. The van der Waals surface area contributed by atoms with Crippen LogP contribution in [-0.2, 0) is 12.2 Å². The molecule has 15 heavy (non-hydrogen) atoms. The van der Waals surface area contributed by atoms with Gasteiger partial charge in [0.2, 0.25) is 5.89 Å². The van der Waals surface area contributed by atoms with Gasteiger partial charge >= 0.3 is 6.18 Å². The molecule has 1 atom stereocenters. The molecule has 86 valence electrons. The number of aliphatic hydroxyl groups excluding tert-OH is 1. The van der Waals surface area contributed by atoms with Crippen LogP contribution in [0.2, 0.25) is 0 Å². The van der Waals surface area contributed by atoms with E-state index in [0.717, 1.165) is 0 Å². The summed E-state index contributed by atoms with van der Waals surface area (Å²) >= 11 is 1.42. The highest BCUT2D eigenvalue weighted by atomic mass is 32.2. The molecule has 0 fully saturated rings. The lowest BCUT2D eigenvalue weighted by atomic mass is 10.2. The molecule has 0 saturated carbocycles. The molecule has 1 N–H and O–H groups in total.